The van der Waals surface area contributed by atoms with Gasteiger partial charge in [-0.3, -0.25) is 9.69 Å². The minimum atomic E-state index is 0.137. The smallest absolute Gasteiger partial charge is 0.220 e. The molecular formula is C21H35N3O2. The molecule has 146 valence electrons. The number of nitrogens with one attached hydrogen (secondary N) is 1. The standard InChI is InChI=1S/C21H35N3O2/c1-17-14-24(15-18(2)26-17)16-20-10-8-19(9-11-20)13-23-21(25)7-5-3-4-6-12-22/h8-11,17-18H,3-7,12-16,22H2,1-2H3,(H,23,25). The third kappa shape index (κ3) is 7.85. The van der Waals surface area contributed by atoms with Crippen LogP contribution >= 0.6 is 0 Å². The fourth-order valence-corrected chi connectivity index (χ4v) is 3.51. The molecule has 1 saturated heterocycles. The number of hydrogen-bond acceptors (Lipinski definition) is 4. The summed E-state index contributed by atoms with van der Waals surface area (Å²) in [5.74, 6) is 0.137. The molecule has 0 spiro atoms. The van der Waals surface area contributed by atoms with Gasteiger partial charge in [0, 0.05) is 32.6 Å². The van der Waals surface area contributed by atoms with Gasteiger partial charge in [0.05, 0.1) is 12.2 Å². The summed E-state index contributed by atoms with van der Waals surface area (Å²) in [6.07, 6.45) is 5.39. The van der Waals surface area contributed by atoms with Crippen LogP contribution < -0.4 is 11.1 Å². The van der Waals surface area contributed by atoms with Crippen LogP contribution in [0.2, 0.25) is 0 Å². The maximum atomic E-state index is 11.9. The topological polar surface area (TPSA) is 67.6 Å². The molecule has 2 atom stereocenters. The number of nitrogens with zero attached hydrogens (tertiary/aromatic N) is 1. The molecule has 0 bridgehead atoms. The quantitative estimate of drug-likeness (QED) is 0.629. The highest BCUT2D eigenvalue weighted by molar-refractivity contribution is 5.75. The summed E-state index contributed by atoms with van der Waals surface area (Å²) >= 11 is 0. The maximum absolute atomic E-state index is 11.9. The van der Waals surface area contributed by atoms with Gasteiger partial charge in [0.1, 0.15) is 0 Å². The fraction of sp³-hybridized carbons (Fsp3) is 0.667. The Bertz CT molecular complexity index is 523. The van der Waals surface area contributed by atoms with E-state index in [4.69, 9.17) is 10.5 Å². The van der Waals surface area contributed by atoms with E-state index in [1.165, 1.54) is 5.56 Å². The van der Waals surface area contributed by atoms with Crippen molar-refractivity contribution in [3.05, 3.63) is 35.4 Å². The van der Waals surface area contributed by atoms with Crippen molar-refractivity contribution in [2.24, 2.45) is 5.73 Å². The Balaban J connectivity index is 1.68. The first-order chi connectivity index (χ1) is 12.6. The summed E-state index contributed by atoms with van der Waals surface area (Å²) in [5, 5.41) is 3.01. The van der Waals surface area contributed by atoms with Gasteiger partial charge in [0.15, 0.2) is 0 Å². The number of ether oxygens (including phenoxy) is 1. The van der Waals surface area contributed by atoms with E-state index in [1.54, 1.807) is 0 Å². The zero-order chi connectivity index (χ0) is 18.8. The highest BCUT2D eigenvalue weighted by Crippen LogP contribution is 2.15. The van der Waals surface area contributed by atoms with Crippen molar-refractivity contribution in [1.82, 2.24) is 10.2 Å². The van der Waals surface area contributed by atoms with E-state index in [0.29, 0.717) is 25.2 Å². The van der Waals surface area contributed by atoms with Gasteiger partial charge >= 0.3 is 0 Å². The van der Waals surface area contributed by atoms with Gasteiger partial charge in [-0.15, -0.1) is 0 Å². The van der Waals surface area contributed by atoms with Crippen LogP contribution in [0.4, 0.5) is 0 Å². The van der Waals surface area contributed by atoms with E-state index >= 15 is 0 Å². The molecule has 2 rings (SSSR count). The van der Waals surface area contributed by atoms with Crippen LogP contribution in [0.1, 0.15) is 57.1 Å². The molecule has 0 aliphatic carbocycles. The SMILES string of the molecule is CC1CN(Cc2ccc(CNC(=O)CCCCCCN)cc2)CC(C)O1. The van der Waals surface area contributed by atoms with Gasteiger partial charge in [0.25, 0.3) is 0 Å². The van der Waals surface area contributed by atoms with Gasteiger partial charge in [0.2, 0.25) is 5.91 Å². The predicted molar refractivity (Wildman–Crippen MR) is 106 cm³/mol. The molecule has 1 aromatic rings. The number of rotatable bonds is 10. The Morgan fingerprint density at radius 2 is 1.69 bits per heavy atom. The first-order valence-corrected chi connectivity index (χ1v) is 9.99. The van der Waals surface area contributed by atoms with E-state index in [2.05, 4.69) is 48.3 Å². The lowest BCUT2D eigenvalue weighted by Crippen LogP contribution is -2.44. The molecule has 5 nitrogen and oxygen atoms in total. The highest BCUT2D eigenvalue weighted by Gasteiger charge is 2.21. The number of hydrogen-bond donors (Lipinski definition) is 2. The third-order valence-electron chi connectivity index (χ3n) is 4.77. The van der Waals surface area contributed by atoms with Crippen molar-refractivity contribution in [2.45, 2.75) is 71.2 Å². The maximum Gasteiger partial charge on any atom is 0.220 e. The summed E-state index contributed by atoms with van der Waals surface area (Å²) in [7, 11) is 0. The van der Waals surface area contributed by atoms with Crippen molar-refractivity contribution in [3.63, 3.8) is 0 Å². The minimum absolute atomic E-state index is 0.137. The largest absolute Gasteiger partial charge is 0.373 e. The first kappa shape index (κ1) is 20.9. The second-order valence-corrected chi connectivity index (χ2v) is 7.50. The highest BCUT2D eigenvalue weighted by atomic mass is 16.5. The predicted octanol–water partition coefficient (Wildman–Crippen LogP) is 2.82. The Hall–Kier alpha value is -1.43. The van der Waals surface area contributed by atoms with Crippen molar-refractivity contribution in [3.8, 4) is 0 Å². The van der Waals surface area contributed by atoms with E-state index in [1.807, 2.05) is 0 Å². The Labute approximate surface area is 158 Å². The van der Waals surface area contributed by atoms with Gasteiger partial charge in [-0.2, -0.15) is 0 Å². The van der Waals surface area contributed by atoms with Crippen molar-refractivity contribution in [1.29, 1.82) is 0 Å². The van der Waals surface area contributed by atoms with Gasteiger partial charge in [-0.05, 0) is 44.4 Å². The molecule has 1 heterocycles. The van der Waals surface area contributed by atoms with Crippen LogP contribution in [-0.4, -0.2) is 42.6 Å². The lowest BCUT2D eigenvalue weighted by atomic mass is 10.1. The van der Waals surface area contributed by atoms with Crippen molar-refractivity contribution in [2.75, 3.05) is 19.6 Å². The number of morpholine rings is 1. The number of amides is 1. The normalized spacial score (nSPS) is 20.9. The summed E-state index contributed by atoms with van der Waals surface area (Å²) in [6.45, 7) is 8.52. The van der Waals surface area contributed by atoms with E-state index < -0.39 is 0 Å². The average Bonchev–Trinajstić information content (AvgIpc) is 2.60. The lowest BCUT2D eigenvalue weighted by Gasteiger charge is -2.35. The molecular weight excluding hydrogens is 326 g/mol. The lowest BCUT2D eigenvalue weighted by molar-refractivity contribution is -0.121. The second kappa shape index (κ2) is 11.3. The monoisotopic (exact) mass is 361 g/mol. The number of carbonyl (C=O) groups is 1. The zero-order valence-electron chi connectivity index (χ0n) is 16.4. The average molecular weight is 362 g/mol. The first-order valence-electron chi connectivity index (χ1n) is 9.99. The summed E-state index contributed by atoms with van der Waals surface area (Å²) in [4.78, 5) is 14.3. The van der Waals surface area contributed by atoms with Crippen LogP contribution in [-0.2, 0) is 22.6 Å². The van der Waals surface area contributed by atoms with Crippen LogP contribution in [0.3, 0.4) is 0 Å². The van der Waals surface area contributed by atoms with Crippen molar-refractivity contribution < 1.29 is 9.53 Å². The van der Waals surface area contributed by atoms with Crippen LogP contribution in [0.25, 0.3) is 0 Å². The molecule has 1 aromatic carbocycles. The fourth-order valence-electron chi connectivity index (χ4n) is 3.51. The van der Waals surface area contributed by atoms with E-state index in [0.717, 1.165) is 57.4 Å². The molecule has 5 heteroatoms. The van der Waals surface area contributed by atoms with E-state index in [9.17, 15) is 4.79 Å². The molecule has 3 N–H and O–H groups in total. The molecule has 1 aliphatic rings. The Kier molecular flexibility index (Phi) is 9.09. The van der Waals surface area contributed by atoms with E-state index in [-0.39, 0.29) is 5.91 Å². The summed E-state index contributed by atoms with van der Waals surface area (Å²) in [6, 6.07) is 8.56. The zero-order valence-corrected chi connectivity index (χ0v) is 16.4. The third-order valence-corrected chi connectivity index (χ3v) is 4.77. The van der Waals surface area contributed by atoms with Crippen LogP contribution in [0.5, 0.6) is 0 Å². The number of benzene rings is 1. The Morgan fingerprint density at radius 3 is 2.35 bits per heavy atom. The number of unbranched alkanes of at least 4 members (excludes halogenated alkanes) is 3. The number of nitrogens with two attached hydrogens (primary N) is 1. The van der Waals surface area contributed by atoms with Gasteiger partial charge in [-0.25, -0.2) is 0 Å². The molecule has 1 fully saturated rings. The molecule has 1 aliphatic heterocycles. The molecule has 1 amide bonds. The molecule has 2 unspecified atom stereocenters. The molecule has 0 aromatic heterocycles. The Morgan fingerprint density at radius 1 is 1.08 bits per heavy atom. The van der Waals surface area contributed by atoms with Gasteiger partial charge in [-0.1, -0.05) is 37.1 Å². The number of carbonyl (C=O) groups excluding carboxylic acids is 1. The molecule has 26 heavy (non-hydrogen) atoms. The summed E-state index contributed by atoms with van der Waals surface area (Å²) in [5.41, 5.74) is 7.92. The minimum Gasteiger partial charge on any atom is -0.373 e. The second-order valence-electron chi connectivity index (χ2n) is 7.50. The van der Waals surface area contributed by atoms with Crippen molar-refractivity contribution >= 4 is 5.91 Å². The molecule has 0 radical (unpaired) electrons. The van der Waals surface area contributed by atoms with Gasteiger partial charge < -0.3 is 15.8 Å². The van der Waals surface area contributed by atoms with Crippen LogP contribution in [0.15, 0.2) is 24.3 Å². The summed E-state index contributed by atoms with van der Waals surface area (Å²) < 4.78 is 5.79. The van der Waals surface area contributed by atoms with Crippen LogP contribution in [0, 0.1) is 0 Å². The molecule has 0 saturated carbocycles.